The third kappa shape index (κ3) is 4.46. The van der Waals surface area contributed by atoms with Crippen LogP contribution in [-0.2, 0) is 0 Å². The second-order valence-electron chi connectivity index (χ2n) is 2.78. The SMILES string of the molecule is OCCNCCOc1ccc(Cl)cc1. The van der Waals surface area contributed by atoms with Crippen molar-refractivity contribution in [1.82, 2.24) is 5.32 Å². The summed E-state index contributed by atoms with van der Waals surface area (Å²) in [6.45, 7) is 2.07. The van der Waals surface area contributed by atoms with E-state index in [1.54, 1.807) is 12.1 Å². The van der Waals surface area contributed by atoms with Gasteiger partial charge in [-0.05, 0) is 24.3 Å². The highest BCUT2D eigenvalue weighted by atomic mass is 35.5. The van der Waals surface area contributed by atoms with E-state index in [1.807, 2.05) is 12.1 Å². The van der Waals surface area contributed by atoms with Crippen LogP contribution in [0.4, 0.5) is 0 Å². The molecule has 2 N–H and O–H groups in total. The first-order chi connectivity index (χ1) is 6.83. The Morgan fingerprint density at radius 3 is 2.57 bits per heavy atom. The third-order valence-corrected chi connectivity index (χ3v) is 1.90. The van der Waals surface area contributed by atoms with Crippen LogP contribution in [0.2, 0.25) is 5.02 Å². The maximum Gasteiger partial charge on any atom is 0.119 e. The molecule has 0 radical (unpaired) electrons. The Morgan fingerprint density at radius 2 is 1.93 bits per heavy atom. The lowest BCUT2D eigenvalue weighted by atomic mass is 10.3. The van der Waals surface area contributed by atoms with Crippen LogP contribution < -0.4 is 10.1 Å². The molecule has 1 aromatic rings. The molecule has 1 rings (SSSR count). The lowest BCUT2D eigenvalue weighted by Gasteiger charge is -2.06. The lowest BCUT2D eigenvalue weighted by molar-refractivity contribution is 0.276. The van der Waals surface area contributed by atoms with Crippen LogP contribution in [0.15, 0.2) is 24.3 Å². The number of rotatable bonds is 6. The first kappa shape index (κ1) is 11.3. The topological polar surface area (TPSA) is 41.5 Å². The van der Waals surface area contributed by atoms with E-state index in [1.165, 1.54) is 0 Å². The zero-order chi connectivity index (χ0) is 10.2. The molecular weight excluding hydrogens is 202 g/mol. The Hall–Kier alpha value is -0.770. The van der Waals surface area contributed by atoms with Gasteiger partial charge >= 0.3 is 0 Å². The maximum absolute atomic E-state index is 8.50. The highest BCUT2D eigenvalue weighted by molar-refractivity contribution is 6.30. The Morgan fingerprint density at radius 1 is 1.21 bits per heavy atom. The fourth-order valence-corrected chi connectivity index (χ4v) is 1.10. The average Bonchev–Trinajstić information content (AvgIpc) is 2.21. The minimum atomic E-state index is 0.154. The van der Waals surface area contributed by atoms with Gasteiger partial charge in [0.15, 0.2) is 0 Å². The molecule has 1 aromatic carbocycles. The molecule has 0 unspecified atom stereocenters. The van der Waals surface area contributed by atoms with Crippen molar-refractivity contribution in [2.24, 2.45) is 0 Å². The number of hydrogen-bond donors (Lipinski definition) is 2. The van der Waals surface area contributed by atoms with E-state index in [-0.39, 0.29) is 6.61 Å². The van der Waals surface area contributed by atoms with Gasteiger partial charge in [-0.15, -0.1) is 0 Å². The highest BCUT2D eigenvalue weighted by Crippen LogP contribution is 2.14. The van der Waals surface area contributed by atoms with Gasteiger partial charge in [-0.25, -0.2) is 0 Å². The summed E-state index contributed by atoms with van der Waals surface area (Å²) in [6.07, 6.45) is 0. The van der Waals surface area contributed by atoms with Gasteiger partial charge in [-0.2, -0.15) is 0 Å². The molecule has 3 nitrogen and oxygen atoms in total. The molecule has 0 bridgehead atoms. The number of halogens is 1. The van der Waals surface area contributed by atoms with Crippen LogP contribution >= 0.6 is 11.6 Å². The number of benzene rings is 1. The fraction of sp³-hybridized carbons (Fsp3) is 0.400. The summed E-state index contributed by atoms with van der Waals surface area (Å²) >= 11 is 5.72. The standard InChI is InChI=1S/C10H14ClNO2/c11-9-1-3-10(4-2-9)14-8-6-12-5-7-13/h1-4,12-13H,5-8H2. The quantitative estimate of drug-likeness (QED) is 0.703. The number of nitrogens with one attached hydrogen (secondary N) is 1. The Bertz CT molecular complexity index is 251. The van der Waals surface area contributed by atoms with Gasteiger partial charge in [0, 0.05) is 18.1 Å². The van der Waals surface area contributed by atoms with Crippen molar-refractivity contribution in [3.8, 4) is 5.75 Å². The summed E-state index contributed by atoms with van der Waals surface area (Å²) in [5.41, 5.74) is 0. The Labute approximate surface area is 88.7 Å². The van der Waals surface area contributed by atoms with Gasteiger partial charge < -0.3 is 15.2 Å². The van der Waals surface area contributed by atoms with E-state index in [2.05, 4.69) is 5.32 Å². The largest absolute Gasteiger partial charge is 0.492 e. The molecule has 4 heteroatoms. The van der Waals surface area contributed by atoms with E-state index in [9.17, 15) is 0 Å². The van der Waals surface area contributed by atoms with E-state index in [0.29, 0.717) is 18.2 Å². The second-order valence-corrected chi connectivity index (χ2v) is 3.21. The van der Waals surface area contributed by atoms with Gasteiger partial charge in [0.05, 0.1) is 6.61 Å². The molecule has 0 saturated carbocycles. The minimum Gasteiger partial charge on any atom is -0.492 e. The Kier molecular flexibility index (Phi) is 5.37. The molecule has 0 fully saturated rings. The molecule has 0 aliphatic heterocycles. The van der Waals surface area contributed by atoms with Crippen molar-refractivity contribution in [3.05, 3.63) is 29.3 Å². The van der Waals surface area contributed by atoms with Gasteiger partial charge in [0.25, 0.3) is 0 Å². The number of aliphatic hydroxyl groups excluding tert-OH is 1. The van der Waals surface area contributed by atoms with Crippen LogP contribution in [0, 0.1) is 0 Å². The summed E-state index contributed by atoms with van der Waals surface area (Å²) in [4.78, 5) is 0. The van der Waals surface area contributed by atoms with Crippen LogP contribution in [0.3, 0.4) is 0 Å². The summed E-state index contributed by atoms with van der Waals surface area (Å²) in [6, 6.07) is 7.23. The summed E-state index contributed by atoms with van der Waals surface area (Å²) < 4.78 is 5.40. The van der Waals surface area contributed by atoms with Crippen LogP contribution in [0.1, 0.15) is 0 Å². The monoisotopic (exact) mass is 215 g/mol. The predicted octanol–water partition coefficient (Wildman–Crippen LogP) is 1.30. The molecular formula is C10H14ClNO2. The zero-order valence-corrected chi connectivity index (χ0v) is 8.63. The van der Waals surface area contributed by atoms with Crippen LogP contribution in [-0.4, -0.2) is 31.4 Å². The third-order valence-electron chi connectivity index (χ3n) is 1.65. The predicted molar refractivity (Wildman–Crippen MR) is 56.9 cm³/mol. The van der Waals surface area contributed by atoms with Gasteiger partial charge in [0.2, 0.25) is 0 Å². The normalized spacial score (nSPS) is 10.1. The van der Waals surface area contributed by atoms with Gasteiger partial charge in [-0.3, -0.25) is 0 Å². The van der Waals surface area contributed by atoms with Crippen LogP contribution in [0.25, 0.3) is 0 Å². The average molecular weight is 216 g/mol. The van der Waals surface area contributed by atoms with Gasteiger partial charge in [0.1, 0.15) is 12.4 Å². The molecule has 0 atom stereocenters. The summed E-state index contributed by atoms with van der Waals surface area (Å²) in [5.74, 6) is 0.806. The molecule has 0 aliphatic carbocycles. The van der Waals surface area contributed by atoms with Crippen molar-refractivity contribution in [2.75, 3.05) is 26.3 Å². The molecule has 0 saturated heterocycles. The smallest absolute Gasteiger partial charge is 0.119 e. The number of ether oxygens (including phenoxy) is 1. The molecule has 0 spiro atoms. The van der Waals surface area contributed by atoms with Crippen LogP contribution in [0.5, 0.6) is 5.75 Å². The van der Waals surface area contributed by atoms with E-state index >= 15 is 0 Å². The summed E-state index contributed by atoms with van der Waals surface area (Å²) in [7, 11) is 0. The molecule has 0 aromatic heterocycles. The summed E-state index contributed by atoms with van der Waals surface area (Å²) in [5, 5.41) is 12.2. The van der Waals surface area contributed by atoms with E-state index < -0.39 is 0 Å². The Balaban J connectivity index is 2.15. The number of hydrogen-bond acceptors (Lipinski definition) is 3. The molecule has 78 valence electrons. The fourth-order valence-electron chi connectivity index (χ4n) is 0.976. The first-order valence-electron chi connectivity index (χ1n) is 4.53. The van der Waals surface area contributed by atoms with Crippen molar-refractivity contribution >= 4 is 11.6 Å². The lowest BCUT2D eigenvalue weighted by Crippen LogP contribution is -2.23. The molecule has 0 aliphatic rings. The highest BCUT2D eigenvalue weighted by Gasteiger charge is 1.92. The van der Waals surface area contributed by atoms with E-state index in [4.69, 9.17) is 21.4 Å². The first-order valence-corrected chi connectivity index (χ1v) is 4.90. The number of aliphatic hydroxyl groups is 1. The minimum absolute atomic E-state index is 0.154. The zero-order valence-electron chi connectivity index (χ0n) is 7.87. The van der Waals surface area contributed by atoms with Crippen molar-refractivity contribution < 1.29 is 9.84 Å². The van der Waals surface area contributed by atoms with E-state index in [0.717, 1.165) is 12.3 Å². The molecule has 0 heterocycles. The van der Waals surface area contributed by atoms with Crippen molar-refractivity contribution in [1.29, 1.82) is 0 Å². The second kappa shape index (κ2) is 6.65. The maximum atomic E-state index is 8.50. The van der Waals surface area contributed by atoms with Crippen molar-refractivity contribution in [3.63, 3.8) is 0 Å². The van der Waals surface area contributed by atoms with Crippen molar-refractivity contribution in [2.45, 2.75) is 0 Å². The molecule has 0 amide bonds. The molecule has 14 heavy (non-hydrogen) atoms. The van der Waals surface area contributed by atoms with Gasteiger partial charge in [-0.1, -0.05) is 11.6 Å².